The van der Waals surface area contributed by atoms with Gasteiger partial charge in [-0.05, 0) is 29.6 Å². The summed E-state index contributed by atoms with van der Waals surface area (Å²) in [6, 6.07) is 0. The Kier molecular flexibility index (Phi) is 3.11. The van der Waals surface area contributed by atoms with E-state index in [4.69, 9.17) is 0 Å². The Morgan fingerprint density at radius 3 is 3.09 bits per heavy atom. The zero-order valence-electron chi connectivity index (χ0n) is 12.5. The lowest BCUT2D eigenvalue weighted by Gasteiger charge is -2.31. The van der Waals surface area contributed by atoms with Gasteiger partial charge in [0.2, 0.25) is 11.8 Å². The molecule has 22 heavy (non-hydrogen) atoms. The van der Waals surface area contributed by atoms with E-state index in [0.717, 1.165) is 13.1 Å². The van der Waals surface area contributed by atoms with Crippen molar-refractivity contribution in [2.45, 2.75) is 19.8 Å². The first-order valence-electron chi connectivity index (χ1n) is 7.72. The Balaban J connectivity index is 1.38. The van der Waals surface area contributed by atoms with Gasteiger partial charge in [-0.15, -0.1) is 11.3 Å². The Morgan fingerprint density at radius 2 is 2.36 bits per heavy atom. The summed E-state index contributed by atoms with van der Waals surface area (Å²) in [4.78, 5) is 30.2. The lowest BCUT2D eigenvalue weighted by Crippen LogP contribution is -2.35. The molecule has 2 bridgehead atoms. The van der Waals surface area contributed by atoms with Crippen LogP contribution < -0.4 is 5.32 Å². The van der Waals surface area contributed by atoms with Crippen LogP contribution in [0.15, 0.2) is 23.7 Å². The Morgan fingerprint density at radius 1 is 1.50 bits per heavy atom. The number of thiazole rings is 1. The molecular formula is C16H19N3O2S. The van der Waals surface area contributed by atoms with Crippen molar-refractivity contribution in [3.8, 4) is 0 Å². The molecule has 6 heteroatoms. The number of nitrogens with zero attached hydrogens (tertiary/aromatic N) is 2. The first-order valence-corrected chi connectivity index (χ1v) is 8.60. The molecule has 3 aliphatic rings. The quantitative estimate of drug-likeness (QED) is 0.686. The van der Waals surface area contributed by atoms with Gasteiger partial charge in [0.15, 0.2) is 5.13 Å². The molecule has 1 N–H and O–H groups in total. The van der Waals surface area contributed by atoms with Crippen LogP contribution in [0.5, 0.6) is 0 Å². The predicted molar refractivity (Wildman–Crippen MR) is 84.3 cm³/mol. The maximum Gasteiger partial charge on any atom is 0.235 e. The molecule has 116 valence electrons. The molecule has 2 heterocycles. The predicted octanol–water partition coefficient (Wildman–Crippen LogP) is 2.14. The lowest BCUT2D eigenvalue weighted by atomic mass is 9.72. The fourth-order valence-corrected chi connectivity index (χ4v) is 5.00. The normalized spacial score (nSPS) is 35.0. The molecule has 5 nitrogen and oxygen atoms in total. The van der Waals surface area contributed by atoms with E-state index in [0.29, 0.717) is 22.9 Å². The fourth-order valence-electron chi connectivity index (χ4n) is 4.46. The average Bonchev–Trinajstić information content (AvgIpc) is 3.18. The van der Waals surface area contributed by atoms with Crippen LogP contribution in [0.3, 0.4) is 0 Å². The average molecular weight is 317 g/mol. The number of amides is 2. The van der Waals surface area contributed by atoms with E-state index in [1.807, 2.05) is 4.90 Å². The van der Waals surface area contributed by atoms with E-state index < -0.39 is 0 Å². The van der Waals surface area contributed by atoms with Crippen molar-refractivity contribution in [1.82, 2.24) is 9.88 Å². The summed E-state index contributed by atoms with van der Waals surface area (Å²) in [7, 11) is 0. The molecule has 0 aromatic carbocycles. The van der Waals surface area contributed by atoms with Crippen LogP contribution in [0, 0.1) is 23.2 Å². The van der Waals surface area contributed by atoms with Gasteiger partial charge in [-0.25, -0.2) is 4.98 Å². The number of carbonyl (C=O) groups excluding carboxylic acids is 2. The molecule has 2 amide bonds. The van der Waals surface area contributed by atoms with E-state index >= 15 is 0 Å². The van der Waals surface area contributed by atoms with Crippen LogP contribution in [0.4, 0.5) is 5.13 Å². The van der Waals surface area contributed by atoms with Crippen LogP contribution in [-0.4, -0.2) is 34.8 Å². The summed E-state index contributed by atoms with van der Waals surface area (Å²) in [5.74, 6) is 1.45. The number of rotatable bonds is 3. The number of hydrogen-bond donors (Lipinski definition) is 1. The van der Waals surface area contributed by atoms with Crippen molar-refractivity contribution in [2.24, 2.45) is 23.2 Å². The van der Waals surface area contributed by atoms with Gasteiger partial charge in [0, 0.05) is 24.7 Å². The fraction of sp³-hybridized carbons (Fsp3) is 0.562. The zero-order valence-corrected chi connectivity index (χ0v) is 13.3. The summed E-state index contributed by atoms with van der Waals surface area (Å²) >= 11 is 1.36. The molecule has 1 aromatic rings. The van der Waals surface area contributed by atoms with Crippen molar-refractivity contribution < 1.29 is 9.59 Å². The number of hydrogen-bond acceptors (Lipinski definition) is 4. The number of allylic oxidation sites excluding steroid dienone is 2. The molecule has 0 radical (unpaired) electrons. The van der Waals surface area contributed by atoms with Crippen LogP contribution in [0.25, 0.3) is 0 Å². The molecular weight excluding hydrogens is 298 g/mol. The summed E-state index contributed by atoms with van der Waals surface area (Å²) in [5.41, 5.74) is 0.209. The number of nitrogens with one attached hydrogen (secondary N) is 1. The zero-order chi connectivity index (χ0) is 15.3. The Bertz CT molecular complexity index is 642. The minimum Gasteiger partial charge on any atom is -0.341 e. The Hall–Kier alpha value is -1.69. The third kappa shape index (κ3) is 2.08. The van der Waals surface area contributed by atoms with E-state index in [9.17, 15) is 9.59 Å². The highest BCUT2D eigenvalue weighted by Crippen LogP contribution is 2.59. The van der Waals surface area contributed by atoms with Crippen molar-refractivity contribution >= 4 is 28.3 Å². The maximum atomic E-state index is 12.4. The highest BCUT2D eigenvalue weighted by Gasteiger charge is 2.57. The van der Waals surface area contributed by atoms with E-state index in [1.165, 1.54) is 17.8 Å². The third-order valence-corrected chi connectivity index (χ3v) is 6.31. The molecule has 2 fully saturated rings. The van der Waals surface area contributed by atoms with E-state index in [-0.39, 0.29) is 23.7 Å². The lowest BCUT2D eigenvalue weighted by molar-refractivity contribution is -0.134. The molecule has 1 aromatic heterocycles. The number of fused-ring (bicyclic) bond motifs is 5. The molecule has 0 spiro atoms. The van der Waals surface area contributed by atoms with Gasteiger partial charge in [-0.3, -0.25) is 9.59 Å². The van der Waals surface area contributed by atoms with Crippen LogP contribution in [-0.2, 0) is 9.59 Å². The van der Waals surface area contributed by atoms with Gasteiger partial charge in [0.05, 0.1) is 0 Å². The van der Waals surface area contributed by atoms with Crippen molar-refractivity contribution in [1.29, 1.82) is 0 Å². The molecule has 4 atom stereocenters. The van der Waals surface area contributed by atoms with E-state index in [1.54, 1.807) is 11.6 Å². The van der Waals surface area contributed by atoms with Crippen molar-refractivity contribution in [3.63, 3.8) is 0 Å². The molecule has 1 saturated carbocycles. The van der Waals surface area contributed by atoms with Crippen LogP contribution in [0.2, 0.25) is 0 Å². The number of aromatic nitrogens is 1. The molecule has 1 aliphatic heterocycles. The number of anilines is 1. The van der Waals surface area contributed by atoms with Gasteiger partial charge in [-0.1, -0.05) is 19.1 Å². The summed E-state index contributed by atoms with van der Waals surface area (Å²) in [6.07, 6.45) is 7.43. The monoisotopic (exact) mass is 317 g/mol. The molecule has 4 rings (SSSR count). The first-order chi connectivity index (χ1) is 10.6. The highest BCUT2D eigenvalue weighted by atomic mass is 32.1. The highest BCUT2D eigenvalue weighted by molar-refractivity contribution is 7.13. The van der Waals surface area contributed by atoms with Gasteiger partial charge in [0.1, 0.15) is 6.42 Å². The second-order valence-electron chi connectivity index (χ2n) is 6.84. The Labute approximate surface area is 133 Å². The van der Waals surface area contributed by atoms with Gasteiger partial charge in [-0.2, -0.15) is 0 Å². The largest absolute Gasteiger partial charge is 0.341 e. The second kappa shape index (κ2) is 4.91. The van der Waals surface area contributed by atoms with Crippen molar-refractivity contribution in [3.05, 3.63) is 23.7 Å². The molecule has 2 aliphatic carbocycles. The van der Waals surface area contributed by atoms with Crippen LogP contribution in [0.1, 0.15) is 19.8 Å². The van der Waals surface area contributed by atoms with Gasteiger partial charge in [0.25, 0.3) is 0 Å². The summed E-state index contributed by atoms with van der Waals surface area (Å²) < 4.78 is 0. The number of carbonyl (C=O) groups is 2. The standard InChI is InChI=1S/C16H19N3O2S/c1-16-9-19(8-12(16)10-2-3-11(16)6-10)14(21)7-13(20)18-15-17-4-5-22-15/h2-5,10-12H,6-9H2,1H3,(H,17,18,20)/t10-,11+,12-,16+/m0/s1. The minimum atomic E-state index is -0.275. The second-order valence-corrected chi connectivity index (χ2v) is 7.73. The molecule has 1 saturated heterocycles. The topological polar surface area (TPSA) is 62.3 Å². The third-order valence-electron chi connectivity index (χ3n) is 5.62. The van der Waals surface area contributed by atoms with Gasteiger partial charge < -0.3 is 10.2 Å². The maximum absolute atomic E-state index is 12.4. The minimum absolute atomic E-state index is 0.0657. The SMILES string of the molecule is C[C@]12CN(C(=O)CC(=O)Nc3nccs3)C[C@H]1[C@H]1C=C[C@@H]2C1. The molecule has 0 unspecified atom stereocenters. The summed E-state index contributed by atoms with van der Waals surface area (Å²) in [5, 5.41) is 5.02. The van der Waals surface area contributed by atoms with Crippen LogP contribution >= 0.6 is 11.3 Å². The van der Waals surface area contributed by atoms with Crippen molar-refractivity contribution in [2.75, 3.05) is 18.4 Å². The first kappa shape index (κ1) is 13.9. The smallest absolute Gasteiger partial charge is 0.235 e. The summed E-state index contributed by atoms with van der Waals surface area (Å²) in [6.45, 7) is 3.88. The number of likely N-dealkylation sites (tertiary alicyclic amines) is 1. The van der Waals surface area contributed by atoms with E-state index in [2.05, 4.69) is 29.4 Å². The van der Waals surface area contributed by atoms with Gasteiger partial charge >= 0.3 is 0 Å².